The van der Waals surface area contributed by atoms with Gasteiger partial charge in [-0.3, -0.25) is 14.4 Å². The Morgan fingerprint density at radius 1 is 1.25 bits per heavy atom. The normalized spacial score (nSPS) is 42.4. The molecule has 0 bridgehead atoms. The van der Waals surface area contributed by atoms with Crippen LogP contribution < -0.4 is 0 Å². The van der Waals surface area contributed by atoms with Gasteiger partial charge < -0.3 is 23.4 Å². The highest BCUT2D eigenvalue weighted by Crippen LogP contribution is 2.71. The predicted octanol–water partition coefficient (Wildman–Crippen LogP) is 3.34. The molecular formula is C24H30O8. The average Bonchev–Trinajstić information content (AvgIpc) is 3.16. The summed E-state index contributed by atoms with van der Waals surface area (Å²) in [4.78, 5) is 37.7. The molecule has 2 saturated carbocycles. The SMILES string of the molecule is CC(=O)OC[C@@]12[C@@H](OC(C)=O)C[C@@H](C)[C@]3(C[C@H](c4ccoc4)OC3=O)[C@H]1CCC[C@]21CO1. The fourth-order valence-corrected chi connectivity index (χ4v) is 7.12. The van der Waals surface area contributed by atoms with Gasteiger partial charge in [0.15, 0.2) is 0 Å². The third-order valence-corrected chi connectivity index (χ3v) is 8.57. The maximum atomic E-state index is 13.7. The number of ether oxygens (including phenoxy) is 4. The molecule has 2 saturated heterocycles. The number of hydrogen-bond acceptors (Lipinski definition) is 8. The lowest BCUT2D eigenvalue weighted by molar-refractivity contribution is -0.228. The van der Waals surface area contributed by atoms with Gasteiger partial charge in [-0.2, -0.15) is 0 Å². The number of epoxide rings is 1. The van der Waals surface area contributed by atoms with Gasteiger partial charge >= 0.3 is 17.9 Å². The number of hydrogen-bond donors (Lipinski definition) is 0. The Balaban J connectivity index is 1.62. The lowest BCUT2D eigenvalue weighted by Crippen LogP contribution is -2.68. The highest BCUT2D eigenvalue weighted by molar-refractivity contribution is 5.81. The van der Waals surface area contributed by atoms with E-state index in [0.29, 0.717) is 19.4 Å². The van der Waals surface area contributed by atoms with Gasteiger partial charge in [0.05, 0.1) is 30.0 Å². The van der Waals surface area contributed by atoms with E-state index in [1.54, 1.807) is 12.5 Å². The van der Waals surface area contributed by atoms with Crippen molar-refractivity contribution in [3.8, 4) is 0 Å². The van der Waals surface area contributed by atoms with Gasteiger partial charge in [-0.25, -0.2) is 0 Å². The van der Waals surface area contributed by atoms with Gasteiger partial charge in [0.25, 0.3) is 0 Å². The minimum Gasteiger partial charge on any atom is -0.472 e. The minimum atomic E-state index is -0.792. The van der Waals surface area contributed by atoms with Gasteiger partial charge in [-0.05, 0) is 37.2 Å². The molecule has 4 aliphatic rings. The molecule has 0 amide bonds. The van der Waals surface area contributed by atoms with Crippen molar-refractivity contribution in [1.82, 2.24) is 0 Å². The van der Waals surface area contributed by atoms with Gasteiger partial charge in [0, 0.05) is 25.8 Å². The molecule has 3 heterocycles. The first-order valence-corrected chi connectivity index (χ1v) is 11.4. The van der Waals surface area contributed by atoms with Crippen LogP contribution in [0.5, 0.6) is 0 Å². The summed E-state index contributed by atoms with van der Waals surface area (Å²) in [6.45, 7) is 5.37. The van der Waals surface area contributed by atoms with Crippen molar-refractivity contribution in [2.45, 2.75) is 70.7 Å². The molecule has 2 aliphatic heterocycles. The van der Waals surface area contributed by atoms with Crippen LogP contribution in [0.15, 0.2) is 23.0 Å². The van der Waals surface area contributed by atoms with E-state index in [2.05, 4.69) is 0 Å². The Hall–Kier alpha value is -2.35. The van der Waals surface area contributed by atoms with Crippen LogP contribution >= 0.6 is 0 Å². The minimum absolute atomic E-state index is 0.0586. The summed E-state index contributed by atoms with van der Waals surface area (Å²) < 4.78 is 28.8. The van der Waals surface area contributed by atoms with Gasteiger partial charge in [0.1, 0.15) is 24.4 Å². The molecule has 5 rings (SSSR count). The summed E-state index contributed by atoms with van der Waals surface area (Å²) in [7, 11) is 0. The molecule has 8 heteroatoms. The summed E-state index contributed by atoms with van der Waals surface area (Å²) in [5, 5.41) is 0. The molecule has 1 aromatic rings. The van der Waals surface area contributed by atoms with Crippen LogP contribution in [0.25, 0.3) is 0 Å². The summed E-state index contributed by atoms with van der Waals surface area (Å²) in [6, 6.07) is 1.82. The third-order valence-electron chi connectivity index (χ3n) is 8.57. The molecule has 0 unspecified atom stereocenters. The van der Waals surface area contributed by atoms with Crippen molar-refractivity contribution < 1.29 is 37.7 Å². The molecule has 2 aliphatic carbocycles. The van der Waals surface area contributed by atoms with Crippen molar-refractivity contribution in [1.29, 1.82) is 0 Å². The first-order valence-electron chi connectivity index (χ1n) is 11.4. The zero-order valence-corrected chi connectivity index (χ0v) is 18.8. The number of carbonyl (C=O) groups is 3. The Labute approximate surface area is 186 Å². The van der Waals surface area contributed by atoms with Crippen molar-refractivity contribution >= 4 is 17.9 Å². The van der Waals surface area contributed by atoms with Crippen LogP contribution in [-0.2, 0) is 33.3 Å². The van der Waals surface area contributed by atoms with E-state index in [0.717, 1.165) is 24.8 Å². The molecule has 8 nitrogen and oxygen atoms in total. The topological polar surface area (TPSA) is 105 Å². The molecule has 174 valence electrons. The van der Waals surface area contributed by atoms with Crippen LogP contribution in [0, 0.1) is 22.7 Å². The molecule has 0 N–H and O–H groups in total. The lowest BCUT2D eigenvalue weighted by Gasteiger charge is -2.61. The molecule has 0 aromatic carbocycles. The van der Waals surface area contributed by atoms with E-state index in [9.17, 15) is 14.4 Å². The van der Waals surface area contributed by atoms with Crippen molar-refractivity contribution in [2.75, 3.05) is 13.2 Å². The largest absolute Gasteiger partial charge is 0.472 e. The smallest absolute Gasteiger partial charge is 0.313 e. The molecule has 32 heavy (non-hydrogen) atoms. The van der Waals surface area contributed by atoms with E-state index in [-0.39, 0.29) is 30.4 Å². The molecule has 7 atom stereocenters. The summed E-state index contributed by atoms with van der Waals surface area (Å²) in [5.41, 5.74) is -1.30. The van der Waals surface area contributed by atoms with Crippen molar-refractivity contribution in [2.24, 2.45) is 22.7 Å². The number of esters is 3. The first kappa shape index (κ1) is 21.5. The first-order chi connectivity index (χ1) is 15.2. The summed E-state index contributed by atoms with van der Waals surface area (Å²) in [6.07, 6.45) is 5.72. The van der Waals surface area contributed by atoms with Crippen LogP contribution in [0.2, 0.25) is 0 Å². The molecule has 4 fully saturated rings. The standard InChI is InChI=1S/C24H30O8/c1-14-9-20(31-16(3)26)24(13-29-15(2)25)19(5-4-7-22(24)12-30-22)23(14)10-18(32-21(23)27)17-6-8-28-11-17/h6,8,11,14,18-20H,4-5,7,9-10,12-13H2,1-3H3/t14-,18-,19-,20+,22+,23-,24+/m1/s1. The fourth-order valence-electron chi connectivity index (χ4n) is 7.12. The number of rotatable bonds is 4. The molecule has 2 spiro atoms. The zero-order valence-electron chi connectivity index (χ0n) is 18.8. The Morgan fingerprint density at radius 3 is 2.66 bits per heavy atom. The fraction of sp³-hybridized carbons (Fsp3) is 0.708. The van der Waals surface area contributed by atoms with E-state index < -0.39 is 34.6 Å². The van der Waals surface area contributed by atoms with Crippen LogP contribution in [0.3, 0.4) is 0 Å². The van der Waals surface area contributed by atoms with Gasteiger partial charge in [0.2, 0.25) is 0 Å². The summed E-state index contributed by atoms with van der Waals surface area (Å²) in [5.74, 6) is -1.30. The third kappa shape index (κ3) is 2.87. The van der Waals surface area contributed by atoms with E-state index in [1.165, 1.54) is 13.8 Å². The quantitative estimate of drug-likeness (QED) is 0.394. The number of furan rings is 1. The van der Waals surface area contributed by atoms with E-state index in [1.807, 2.05) is 13.0 Å². The summed E-state index contributed by atoms with van der Waals surface area (Å²) >= 11 is 0. The monoisotopic (exact) mass is 446 g/mol. The Bertz CT molecular complexity index is 918. The predicted molar refractivity (Wildman–Crippen MR) is 109 cm³/mol. The molecule has 0 radical (unpaired) electrons. The lowest BCUT2D eigenvalue weighted by atomic mass is 9.42. The average molecular weight is 446 g/mol. The van der Waals surface area contributed by atoms with Crippen LogP contribution in [0.1, 0.15) is 64.5 Å². The maximum absolute atomic E-state index is 13.7. The second-order valence-electron chi connectivity index (χ2n) is 9.98. The highest BCUT2D eigenvalue weighted by Gasteiger charge is 2.78. The van der Waals surface area contributed by atoms with Crippen LogP contribution in [0.4, 0.5) is 0 Å². The van der Waals surface area contributed by atoms with Gasteiger partial charge in [-0.1, -0.05) is 13.3 Å². The number of cyclic esters (lactones) is 1. The number of carbonyl (C=O) groups excluding carboxylic acids is 3. The van der Waals surface area contributed by atoms with Gasteiger partial charge in [-0.15, -0.1) is 0 Å². The molecule has 1 aromatic heterocycles. The van der Waals surface area contributed by atoms with Crippen molar-refractivity contribution in [3.05, 3.63) is 24.2 Å². The molecular weight excluding hydrogens is 416 g/mol. The van der Waals surface area contributed by atoms with E-state index >= 15 is 0 Å². The number of fused-ring (bicyclic) bond motifs is 3. The Morgan fingerprint density at radius 2 is 2.03 bits per heavy atom. The second-order valence-corrected chi connectivity index (χ2v) is 9.98. The Kier molecular flexibility index (Phi) is 4.93. The van der Waals surface area contributed by atoms with Crippen LogP contribution in [-0.4, -0.2) is 42.8 Å². The second kappa shape index (κ2) is 7.33. The van der Waals surface area contributed by atoms with Crippen molar-refractivity contribution in [3.63, 3.8) is 0 Å². The maximum Gasteiger partial charge on any atom is 0.313 e. The van der Waals surface area contributed by atoms with E-state index in [4.69, 9.17) is 23.4 Å². The zero-order chi connectivity index (χ0) is 22.7. The highest BCUT2D eigenvalue weighted by atomic mass is 16.6.